The molecular weight excluding hydrogens is 251 g/mol. The van der Waals surface area contributed by atoms with Crippen LogP contribution in [0.15, 0.2) is 18.2 Å². The summed E-state index contributed by atoms with van der Waals surface area (Å²) >= 11 is 0. The Kier molecular flexibility index (Phi) is 6.15. The zero-order valence-electron chi connectivity index (χ0n) is 13.8. The number of rotatable bonds is 7. The Balaban J connectivity index is 3.31. The van der Waals surface area contributed by atoms with Crippen LogP contribution in [-0.2, 0) is 0 Å². The van der Waals surface area contributed by atoms with Crippen LogP contribution < -0.4 is 5.32 Å². The van der Waals surface area contributed by atoms with E-state index in [0.29, 0.717) is 0 Å². The van der Waals surface area contributed by atoms with E-state index in [1.165, 1.54) is 0 Å². The van der Waals surface area contributed by atoms with Gasteiger partial charge in [0.15, 0.2) is 0 Å². The second kappa shape index (κ2) is 7.19. The predicted molar refractivity (Wildman–Crippen MR) is 84.6 cm³/mol. The molecule has 0 aliphatic heterocycles. The summed E-state index contributed by atoms with van der Waals surface area (Å²) in [5.74, 6) is -0.123. The number of aryl methyl sites for hydroxylation is 1. The molecule has 0 heterocycles. The third-order valence-electron chi connectivity index (χ3n) is 4.57. The number of hydrogen-bond donors (Lipinski definition) is 1. The smallest absolute Gasteiger partial charge is 0.128 e. The summed E-state index contributed by atoms with van der Waals surface area (Å²) in [6.07, 6.45) is 0.966. The second-order valence-corrected chi connectivity index (χ2v) is 5.63. The van der Waals surface area contributed by atoms with Crippen LogP contribution in [0.2, 0.25) is 0 Å². The molecule has 0 radical (unpaired) electrons. The van der Waals surface area contributed by atoms with Crippen molar-refractivity contribution in [2.24, 2.45) is 0 Å². The highest BCUT2D eigenvalue weighted by Crippen LogP contribution is 2.35. The third-order valence-corrected chi connectivity index (χ3v) is 4.57. The molecule has 0 aliphatic carbocycles. The Labute approximate surface area is 123 Å². The molecule has 1 aromatic carbocycles. The maximum atomic E-state index is 14.3. The van der Waals surface area contributed by atoms with Gasteiger partial charge in [-0.05, 0) is 46.5 Å². The molecule has 1 aromatic rings. The van der Waals surface area contributed by atoms with Crippen molar-refractivity contribution in [3.63, 3.8) is 0 Å². The molecule has 3 heteroatoms. The van der Waals surface area contributed by atoms with Crippen LogP contribution in [0.4, 0.5) is 4.39 Å². The first-order valence-electron chi connectivity index (χ1n) is 7.62. The topological polar surface area (TPSA) is 15.3 Å². The van der Waals surface area contributed by atoms with E-state index < -0.39 is 0 Å². The quantitative estimate of drug-likeness (QED) is 0.815. The van der Waals surface area contributed by atoms with E-state index >= 15 is 0 Å². The number of hydrogen-bond acceptors (Lipinski definition) is 2. The Morgan fingerprint density at radius 2 is 1.85 bits per heavy atom. The molecule has 0 saturated heterocycles. The van der Waals surface area contributed by atoms with Gasteiger partial charge in [0.05, 0.1) is 6.04 Å². The molecule has 2 unspecified atom stereocenters. The van der Waals surface area contributed by atoms with Gasteiger partial charge in [-0.15, -0.1) is 0 Å². The minimum Gasteiger partial charge on any atom is -0.311 e. The van der Waals surface area contributed by atoms with Crippen LogP contribution in [0.5, 0.6) is 0 Å². The van der Waals surface area contributed by atoms with Gasteiger partial charge >= 0.3 is 0 Å². The molecule has 0 bridgehead atoms. The molecule has 1 N–H and O–H groups in total. The number of likely N-dealkylation sites (N-methyl/N-ethyl adjacent to an activating group) is 2. The van der Waals surface area contributed by atoms with Crippen molar-refractivity contribution in [1.29, 1.82) is 0 Å². The standard InChI is InChI=1S/C17H29FN2/c1-7-17(5,20(8-2)9-3)16(19-6)14-12-13(4)10-11-15(14)18/h10-12,16,19H,7-9H2,1-6H3. The Morgan fingerprint density at radius 3 is 2.30 bits per heavy atom. The summed E-state index contributed by atoms with van der Waals surface area (Å²) < 4.78 is 14.3. The second-order valence-electron chi connectivity index (χ2n) is 5.63. The van der Waals surface area contributed by atoms with E-state index in [1.54, 1.807) is 6.07 Å². The lowest BCUT2D eigenvalue weighted by atomic mass is 9.82. The number of nitrogens with one attached hydrogen (secondary N) is 1. The largest absolute Gasteiger partial charge is 0.311 e. The first-order chi connectivity index (χ1) is 9.44. The Morgan fingerprint density at radius 1 is 1.25 bits per heavy atom. The van der Waals surface area contributed by atoms with Crippen molar-refractivity contribution >= 4 is 0 Å². The monoisotopic (exact) mass is 280 g/mol. The molecule has 0 amide bonds. The molecule has 0 aromatic heterocycles. The van der Waals surface area contributed by atoms with Gasteiger partial charge in [-0.1, -0.05) is 38.5 Å². The van der Waals surface area contributed by atoms with Crippen LogP contribution in [0.3, 0.4) is 0 Å². The van der Waals surface area contributed by atoms with Crippen LogP contribution >= 0.6 is 0 Å². The van der Waals surface area contributed by atoms with E-state index in [1.807, 2.05) is 26.1 Å². The van der Waals surface area contributed by atoms with Crippen molar-refractivity contribution in [2.75, 3.05) is 20.1 Å². The molecule has 1 rings (SSSR count). The number of nitrogens with zero attached hydrogens (tertiary/aromatic N) is 1. The lowest BCUT2D eigenvalue weighted by Gasteiger charge is -2.46. The lowest BCUT2D eigenvalue weighted by molar-refractivity contribution is 0.0714. The van der Waals surface area contributed by atoms with Gasteiger partial charge in [0.1, 0.15) is 5.82 Å². The zero-order valence-corrected chi connectivity index (χ0v) is 13.8. The Bertz CT molecular complexity index is 429. The third kappa shape index (κ3) is 3.21. The highest BCUT2D eigenvalue weighted by atomic mass is 19.1. The van der Waals surface area contributed by atoms with Gasteiger partial charge < -0.3 is 5.32 Å². The summed E-state index contributed by atoms with van der Waals surface area (Å²) in [4.78, 5) is 2.41. The SMILES string of the molecule is CCN(CC)C(C)(CC)C(NC)c1cc(C)ccc1F. The van der Waals surface area contributed by atoms with Gasteiger partial charge in [-0.3, -0.25) is 4.90 Å². The van der Waals surface area contributed by atoms with E-state index in [9.17, 15) is 4.39 Å². The number of halogens is 1. The summed E-state index contributed by atoms with van der Waals surface area (Å²) in [6.45, 7) is 12.7. The van der Waals surface area contributed by atoms with E-state index in [-0.39, 0.29) is 17.4 Å². The van der Waals surface area contributed by atoms with Crippen LogP contribution in [-0.4, -0.2) is 30.6 Å². The molecule has 114 valence electrons. The van der Waals surface area contributed by atoms with Gasteiger partial charge in [0.2, 0.25) is 0 Å². The molecule has 20 heavy (non-hydrogen) atoms. The zero-order chi connectivity index (χ0) is 15.3. The van der Waals surface area contributed by atoms with Gasteiger partial charge in [-0.25, -0.2) is 4.39 Å². The summed E-state index contributed by atoms with van der Waals surface area (Å²) in [5, 5.41) is 3.35. The fourth-order valence-corrected chi connectivity index (χ4v) is 3.24. The molecule has 2 atom stereocenters. The fourth-order valence-electron chi connectivity index (χ4n) is 3.24. The van der Waals surface area contributed by atoms with Crippen molar-refractivity contribution in [1.82, 2.24) is 10.2 Å². The summed E-state index contributed by atoms with van der Waals surface area (Å²) in [5.41, 5.74) is 1.76. The van der Waals surface area contributed by atoms with Gasteiger partial charge in [0.25, 0.3) is 0 Å². The van der Waals surface area contributed by atoms with Crippen LogP contribution in [0.25, 0.3) is 0 Å². The Hall–Kier alpha value is -0.930. The number of benzene rings is 1. The average molecular weight is 280 g/mol. The molecule has 0 aliphatic rings. The lowest BCUT2D eigenvalue weighted by Crippen LogP contribution is -2.54. The predicted octanol–water partition coefficient (Wildman–Crippen LogP) is 3.91. The van der Waals surface area contributed by atoms with Crippen molar-refractivity contribution < 1.29 is 4.39 Å². The van der Waals surface area contributed by atoms with Gasteiger partial charge in [0, 0.05) is 11.1 Å². The molecule has 0 saturated carbocycles. The molecule has 2 nitrogen and oxygen atoms in total. The molecule has 0 fully saturated rings. The molecule has 0 spiro atoms. The first kappa shape index (κ1) is 17.1. The summed E-state index contributed by atoms with van der Waals surface area (Å²) in [7, 11) is 1.92. The van der Waals surface area contributed by atoms with Crippen LogP contribution in [0, 0.1) is 12.7 Å². The van der Waals surface area contributed by atoms with Crippen LogP contribution in [0.1, 0.15) is 51.3 Å². The van der Waals surface area contributed by atoms with Gasteiger partial charge in [-0.2, -0.15) is 0 Å². The average Bonchev–Trinajstić information content (AvgIpc) is 2.44. The van der Waals surface area contributed by atoms with E-state index in [0.717, 1.165) is 30.6 Å². The van der Waals surface area contributed by atoms with E-state index in [4.69, 9.17) is 0 Å². The minimum atomic E-state index is -0.123. The van der Waals surface area contributed by atoms with E-state index in [2.05, 4.69) is 37.9 Å². The highest BCUT2D eigenvalue weighted by molar-refractivity contribution is 5.29. The maximum absolute atomic E-state index is 14.3. The first-order valence-corrected chi connectivity index (χ1v) is 7.62. The van der Waals surface area contributed by atoms with Crippen molar-refractivity contribution in [3.8, 4) is 0 Å². The minimum absolute atomic E-state index is 0.0210. The summed E-state index contributed by atoms with van der Waals surface area (Å²) in [6, 6.07) is 5.35. The normalized spacial score (nSPS) is 16.2. The van der Waals surface area contributed by atoms with Crippen molar-refractivity contribution in [2.45, 2.75) is 52.6 Å². The maximum Gasteiger partial charge on any atom is 0.128 e. The van der Waals surface area contributed by atoms with Crippen molar-refractivity contribution in [3.05, 3.63) is 35.1 Å². The molecular formula is C17H29FN2. The highest BCUT2D eigenvalue weighted by Gasteiger charge is 2.38. The fraction of sp³-hybridized carbons (Fsp3) is 0.647.